The van der Waals surface area contributed by atoms with Gasteiger partial charge in [0.1, 0.15) is 10.8 Å². The first-order chi connectivity index (χ1) is 14.5. The average molecular weight is 445 g/mol. The van der Waals surface area contributed by atoms with Gasteiger partial charge in [-0.3, -0.25) is 0 Å². The number of aromatic carboxylic acids is 1. The van der Waals surface area contributed by atoms with Gasteiger partial charge in [-0.2, -0.15) is 0 Å². The predicted molar refractivity (Wildman–Crippen MR) is 120 cm³/mol. The lowest BCUT2D eigenvalue weighted by Crippen LogP contribution is -2.46. The largest absolute Gasteiger partial charge is 0.478 e. The van der Waals surface area contributed by atoms with E-state index in [4.69, 9.17) is 21.4 Å². The molecule has 3 atom stereocenters. The van der Waals surface area contributed by atoms with Crippen molar-refractivity contribution in [3.05, 3.63) is 64.4 Å². The lowest BCUT2D eigenvalue weighted by atomic mass is 9.93. The molecule has 1 saturated heterocycles. The summed E-state index contributed by atoms with van der Waals surface area (Å²) in [6, 6.07) is 10.5. The van der Waals surface area contributed by atoms with Crippen molar-refractivity contribution in [1.29, 1.82) is 0 Å². The summed E-state index contributed by atoms with van der Waals surface area (Å²) in [6.07, 6.45) is 3.77. The second kappa shape index (κ2) is 9.27. The number of ether oxygens (including phenoxy) is 1. The van der Waals surface area contributed by atoms with E-state index < -0.39 is 11.6 Å². The summed E-state index contributed by atoms with van der Waals surface area (Å²) in [7, 11) is 0. The predicted octanol–water partition coefficient (Wildman–Crippen LogP) is 5.55. The van der Waals surface area contributed by atoms with Crippen molar-refractivity contribution < 1.29 is 19.4 Å². The van der Waals surface area contributed by atoms with E-state index >= 15 is 0 Å². The number of rotatable bonds is 5. The Morgan fingerprint density at radius 3 is 2.42 bits per heavy atom. The van der Waals surface area contributed by atoms with Crippen LogP contribution >= 0.6 is 11.6 Å². The van der Waals surface area contributed by atoms with E-state index in [0.717, 1.165) is 24.0 Å². The number of hydrogen-bond donors (Lipinski definition) is 1. The maximum Gasteiger partial charge on any atom is 0.410 e. The lowest BCUT2D eigenvalue weighted by molar-refractivity contribution is 0.0126. The number of carbonyl (C=O) groups excluding carboxylic acids is 1. The van der Waals surface area contributed by atoms with Crippen molar-refractivity contribution in [3.8, 4) is 0 Å². The van der Waals surface area contributed by atoms with Crippen LogP contribution in [0.2, 0.25) is 5.15 Å². The van der Waals surface area contributed by atoms with Crippen molar-refractivity contribution in [3.63, 3.8) is 0 Å². The highest BCUT2D eigenvalue weighted by molar-refractivity contribution is 6.29. The highest BCUT2D eigenvalue weighted by Crippen LogP contribution is 2.37. The van der Waals surface area contributed by atoms with Crippen LogP contribution in [-0.4, -0.2) is 44.7 Å². The molecule has 2 heterocycles. The Hall–Kier alpha value is -2.60. The van der Waals surface area contributed by atoms with Gasteiger partial charge in [-0.05, 0) is 69.4 Å². The van der Waals surface area contributed by atoms with Gasteiger partial charge < -0.3 is 14.7 Å². The third-order valence-electron chi connectivity index (χ3n) is 5.68. The van der Waals surface area contributed by atoms with Crippen LogP contribution in [0.25, 0.3) is 0 Å². The highest BCUT2D eigenvalue weighted by Gasteiger charge is 2.42. The Labute approximate surface area is 188 Å². The number of amides is 1. The van der Waals surface area contributed by atoms with Crippen LogP contribution in [0.1, 0.15) is 67.9 Å². The molecule has 31 heavy (non-hydrogen) atoms. The maximum absolute atomic E-state index is 13.2. The van der Waals surface area contributed by atoms with Gasteiger partial charge in [0.2, 0.25) is 0 Å². The molecule has 3 rings (SSSR count). The molecule has 0 aliphatic carbocycles. The summed E-state index contributed by atoms with van der Waals surface area (Å²) < 4.78 is 5.75. The zero-order valence-electron chi connectivity index (χ0n) is 18.3. The van der Waals surface area contributed by atoms with Crippen LogP contribution in [0, 0.1) is 0 Å². The number of aromatic nitrogens is 1. The molecule has 7 heteroatoms. The Bertz CT molecular complexity index is 922. The molecule has 1 aromatic heterocycles. The highest BCUT2D eigenvalue weighted by atomic mass is 35.5. The molecule has 0 radical (unpaired) electrons. The standard InChI is InChI=1S/C24H29ClN2O4/c1-15(18-9-12-21(25)26-14-18)20-11-10-19(27(20)23(30)31-24(2,3)4)13-16-5-7-17(8-6-16)22(28)29/h5-9,12,14-15,19-20H,10-11,13H2,1-4H3,(H,28,29)/t15-,19?,20-/m1/s1. The van der Waals surface area contributed by atoms with E-state index in [2.05, 4.69) is 11.9 Å². The molecular formula is C24H29ClN2O4. The van der Waals surface area contributed by atoms with Gasteiger partial charge in [-0.25, -0.2) is 14.6 Å². The van der Waals surface area contributed by atoms with E-state index in [9.17, 15) is 9.59 Å². The molecular weight excluding hydrogens is 416 g/mol. The molecule has 6 nitrogen and oxygen atoms in total. The first-order valence-electron chi connectivity index (χ1n) is 10.5. The van der Waals surface area contributed by atoms with Crippen molar-refractivity contribution in [1.82, 2.24) is 9.88 Å². The Balaban J connectivity index is 1.84. The number of pyridine rings is 1. The molecule has 1 fully saturated rings. The number of carbonyl (C=O) groups is 2. The van der Waals surface area contributed by atoms with Crippen LogP contribution in [0.5, 0.6) is 0 Å². The van der Waals surface area contributed by atoms with Crippen LogP contribution in [0.4, 0.5) is 4.79 Å². The molecule has 166 valence electrons. The summed E-state index contributed by atoms with van der Waals surface area (Å²) in [4.78, 5) is 30.4. The first kappa shape index (κ1) is 23.1. The summed E-state index contributed by atoms with van der Waals surface area (Å²) >= 11 is 5.94. The minimum Gasteiger partial charge on any atom is -0.478 e. The number of hydrogen-bond acceptors (Lipinski definition) is 4. The number of halogens is 1. The first-order valence-corrected chi connectivity index (χ1v) is 10.9. The quantitative estimate of drug-likeness (QED) is 0.611. The van der Waals surface area contributed by atoms with Gasteiger partial charge in [-0.15, -0.1) is 0 Å². The zero-order valence-corrected chi connectivity index (χ0v) is 19.1. The molecule has 1 N–H and O–H groups in total. The van der Waals surface area contributed by atoms with E-state index in [1.807, 2.05) is 43.9 Å². The van der Waals surface area contributed by atoms with Crippen LogP contribution in [0.3, 0.4) is 0 Å². The minimum atomic E-state index is -0.951. The van der Waals surface area contributed by atoms with Crippen LogP contribution < -0.4 is 0 Å². The monoisotopic (exact) mass is 444 g/mol. The lowest BCUT2D eigenvalue weighted by Gasteiger charge is -2.35. The third-order valence-corrected chi connectivity index (χ3v) is 5.90. The normalized spacial score (nSPS) is 19.8. The summed E-state index contributed by atoms with van der Waals surface area (Å²) in [5.41, 5.74) is 1.67. The summed E-state index contributed by atoms with van der Waals surface area (Å²) in [5, 5.41) is 9.56. The van der Waals surface area contributed by atoms with Crippen LogP contribution in [0.15, 0.2) is 42.6 Å². The van der Waals surface area contributed by atoms with E-state index in [1.54, 1.807) is 24.4 Å². The van der Waals surface area contributed by atoms with E-state index in [1.165, 1.54) is 0 Å². The van der Waals surface area contributed by atoms with Gasteiger partial charge >= 0.3 is 12.1 Å². The molecule has 0 spiro atoms. The number of carboxylic acid groups (broad SMARTS) is 1. The second-order valence-electron chi connectivity index (χ2n) is 9.10. The Morgan fingerprint density at radius 1 is 1.19 bits per heavy atom. The van der Waals surface area contributed by atoms with E-state index in [-0.39, 0.29) is 29.7 Å². The third kappa shape index (κ3) is 5.76. The SMILES string of the molecule is C[C@H](c1ccc(Cl)nc1)[C@H]1CCC(Cc2ccc(C(=O)O)cc2)N1C(=O)OC(C)(C)C. The van der Waals surface area contributed by atoms with E-state index in [0.29, 0.717) is 11.6 Å². The molecule has 2 aromatic rings. The molecule has 0 bridgehead atoms. The smallest absolute Gasteiger partial charge is 0.410 e. The fourth-order valence-electron chi connectivity index (χ4n) is 4.14. The Kier molecular flexibility index (Phi) is 6.90. The molecule has 0 saturated carbocycles. The van der Waals surface area contributed by atoms with Gasteiger partial charge in [0, 0.05) is 24.2 Å². The van der Waals surface area contributed by atoms with Crippen molar-refractivity contribution in [2.45, 2.75) is 70.6 Å². The van der Waals surface area contributed by atoms with Gasteiger partial charge in [0.05, 0.1) is 5.56 Å². The molecule has 1 aromatic carbocycles. The number of carboxylic acids is 1. The number of likely N-dealkylation sites (tertiary alicyclic amines) is 1. The fourth-order valence-corrected chi connectivity index (χ4v) is 4.25. The zero-order chi connectivity index (χ0) is 22.8. The molecule has 1 unspecified atom stereocenters. The van der Waals surface area contributed by atoms with Crippen molar-refractivity contribution >= 4 is 23.7 Å². The van der Waals surface area contributed by atoms with Gasteiger partial charge in [0.25, 0.3) is 0 Å². The minimum absolute atomic E-state index is 0.0267. The summed E-state index contributed by atoms with van der Waals surface area (Å²) in [6.45, 7) is 7.68. The average Bonchev–Trinajstić information content (AvgIpc) is 3.11. The van der Waals surface area contributed by atoms with Crippen molar-refractivity contribution in [2.24, 2.45) is 0 Å². The van der Waals surface area contributed by atoms with Gasteiger partial charge in [-0.1, -0.05) is 36.7 Å². The maximum atomic E-state index is 13.2. The molecule has 1 aliphatic rings. The second-order valence-corrected chi connectivity index (χ2v) is 9.48. The van der Waals surface area contributed by atoms with Gasteiger partial charge in [0.15, 0.2) is 0 Å². The summed E-state index contributed by atoms with van der Waals surface area (Å²) in [5.74, 6) is -0.884. The number of nitrogens with zero attached hydrogens (tertiary/aromatic N) is 2. The van der Waals surface area contributed by atoms with Crippen molar-refractivity contribution in [2.75, 3.05) is 0 Å². The molecule has 1 amide bonds. The fraction of sp³-hybridized carbons (Fsp3) is 0.458. The number of benzene rings is 1. The topological polar surface area (TPSA) is 79.7 Å². The Morgan fingerprint density at radius 2 is 1.87 bits per heavy atom. The van der Waals surface area contributed by atoms with Crippen LogP contribution in [-0.2, 0) is 11.2 Å². The molecule has 1 aliphatic heterocycles.